The Labute approximate surface area is 122 Å². The normalized spacial score (nSPS) is 14.7. The number of hydrogen-bond donors (Lipinski definition) is 1. The summed E-state index contributed by atoms with van der Waals surface area (Å²) in [5.74, 6) is -1.89. The molecular formula is C14H26O5Si. The number of aliphatic carboxylic acids is 1. The highest BCUT2D eigenvalue weighted by Gasteiger charge is 2.40. The average Bonchev–Trinajstić information content (AvgIpc) is 2.28. The molecule has 6 heteroatoms. The molecule has 0 saturated heterocycles. The fourth-order valence-electron chi connectivity index (χ4n) is 1.89. The first-order chi connectivity index (χ1) is 9.09. The summed E-state index contributed by atoms with van der Waals surface area (Å²) in [7, 11) is -1.51. The van der Waals surface area contributed by atoms with Gasteiger partial charge < -0.3 is 14.3 Å². The Bertz CT molecular complexity index is 346. The molecule has 2 atom stereocenters. The van der Waals surface area contributed by atoms with Crippen LogP contribution in [0.15, 0.2) is 12.7 Å². The van der Waals surface area contributed by atoms with E-state index in [0.717, 1.165) is 0 Å². The molecule has 0 aliphatic rings. The van der Waals surface area contributed by atoms with Crippen LogP contribution in [0.1, 0.15) is 27.2 Å². The smallest absolute Gasteiger partial charge is 0.334 e. The molecule has 0 aromatic rings. The number of carboxylic acid groups (broad SMARTS) is 1. The van der Waals surface area contributed by atoms with E-state index < -0.39 is 33.0 Å². The minimum atomic E-state index is -1.51. The molecule has 0 aromatic carbocycles. The van der Waals surface area contributed by atoms with Crippen LogP contribution in [0.25, 0.3) is 0 Å². The Hall–Kier alpha value is -1.14. The number of hydrogen-bond acceptors (Lipinski definition) is 4. The van der Waals surface area contributed by atoms with Crippen LogP contribution in [0.2, 0.25) is 13.1 Å². The van der Waals surface area contributed by atoms with Gasteiger partial charge in [-0.15, -0.1) is 0 Å². The molecule has 0 radical (unpaired) electrons. The number of ether oxygens (including phenoxy) is 1. The lowest BCUT2D eigenvalue weighted by Gasteiger charge is -2.35. The molecule has 0 bridgehead atoms. The van der Waals surface area contributed by atoms with Gasteiger partial charge in [0.05, 0.1) is 6.42 Å². The maximum atomic E-state index is 12.1. The van der Waals surface area contributed by atoms with E-state index in [0.29, 0.717) is 0 Å². The first-order valence-corrected chi connectivity index (χ1v) is 9.52. The number of rotatable bonds is 8. The Morgan fingerprint density at radius 2 is 1.90 bits per heavy atom. The fourth-order valence-corrected chi connectivity index (χ4v) is 2.77. The lowest BCUT2D eigenvalue weighted by Crippen LogP contribution is -2.44. The van der Waals surface area contributed by atoms with Crippen molar-refractivity contribution < 1.29 is 23.9 Å². The fraction of sp³-hybridized carbons (Fsp3) is 0.714. The Morgan fingerprint density at radius 3 is 2.25 bits per heavy atom. The summed E-state index contributed by atoms with van der Waals surface area (Å²) in [5.41, 5.74) is -0.375. The Morgan fingerprint density at radius 1 is 1.35 bits per heavy atom. The van der Waals surface area contributed by atoms with Crippen molar-refractivity contribution in [3.63, 3.8) is 0 Å². The summed E-state index contributed by atoms with van der Waals surface area (Å²) in [5, 5.41) is 9.08. The third-order valence-corrected chi connectivity index (χ3v) is 3.70. The van der Waals surface area contributed by atoms with Crippen molar-refractivity contribution >= 4 is 21.0 Å². The Balaban J connectivity index is 5.24. The summed E-state index contributed by atoms with van der Waals surface area (Å²) < 4.78 is 10.8. The van der Waals surface area contributed by atoms with Gasteiger partial charge in [0, 0.05) is 5.92 Å². The second kappa shape index (κ2) is 8.21. The van der Waals surface area contributed by atoms with Crippen LogP contribution in [0, 0.1) is 11.3 Å². The molecule has 0 rings (SSSR count). The lowest BCUT2D eigenvalue weighted by atomic mass is 9.75. The monoisotopic (exact) mass is 302 g/mol. The molecule has 0 fully saturated rings. The first-order valence-electron chi connectivity index (χ1n) is 6.74. The molecule has 2 unspecified atom stereocenters. The molecule has 0 saturated carbocycles. The van der Waals surface area contributed by atoms with E-state index in [1.807, 2.05) is 33.9 Å². The summed E-state index contributed by atoms with van der Waals surface area (Å²) in [6, 6.07) is 0. The van der Waals surface area contributed by atoms with E-state index in [1.54, 1.807) is 0 Å². The summed E-state index contributed by atoms with van der Waals surface area (Å²) >= 11 is 0. The zero-order chi connectivity index (χ0) is 15.9. The van der Waals surface area contributed by atoms with Crippen molar-refractivity contribution in [2.75, 3.05) is 6.61 Å². The van der Waals surface area contributed by atoms with Crippen LogP contribution < -0.4 is 0 Å². The zero-order valence-electron chi connectivity index (χ0n) is 13.0. The van der Waals surface area contributed by atoms with Crippen molar-refractivity contribution in [2.45, 2.75) is 46.4 Å². The van der Waals surface area contributed by atoms with Gasteiger partial charge >= 0.3 is 11.9 Å². The quantitative estimate of drug-likeness (QED) is 0.423. The van der Waals surface area contributed by atoms with Gasteiger partial charge in [0.2, 0.25) is 0 Å². The molecule has 0 spiro atoms. The molecule has 5 nitrogen and oxygen atoms in total. The van der Waals surface area contributed by atoms with Gasteiger partial charge in [0.25, 0.3) is 0 Å². The van der Waals surface area contributed by atoms with Gasteiger partial charge in [0.15, 0.2) is 9.04 Å². The molecule has 0 aromatic heterocycles. The van der Waals surface area contributed by atoms with Crippen LogP contribution in [0.5, 0.6) is 0 Å². The topological polar surface area (TPSA) is 72.8 Å². The number of carboxylic acids is 1. The third kappa shape index (κ3) is 6.86. The highest BCUT2D eigenvalue weighted by atomic mass is 28.3. The molecule has 1 N–H and O–H groups in total. The first kappa shape index (κ1) is 18.9. The number of carbonyl (C=O) groups is 2. The van der Waals surface area contributed by atoms with E-state index in [4.69, 9.17) is 14.3 Å². The summed E-state index contributed by atoms with van der Waals surface area (Å²) in [6.45, 7) is 13.2. The molecular weight excluding hydrogens is 276 g/mol. The third-order valence-electron chi connectivity index (χ3n) is 2.87. The summed E-state index contributed by atoms with van der Waals surface area (Å²) in [4.78, 5) is 23.2. The van der Waals surface area contributed by atoms with Crippen molar-refractivity contribution in [1.82, 2.24) is 0 Å². The lowest BCUT2D eigenvalue weighted by molar-refractivity contribution is -0.158. The maximum absolute atomic E-state index is 12.1. The van der Waals surface area contributed by atoms with Crippen LogP contribution >= 0.6 is 0 Å². The summed E-state index contributed by atoms with van der Waals surface area (Å²) in [6.07, 6.45) is 0.515. The van der Waals surface area contributed by atoms with E-state index >= 15 is 0 Å². The van der Waals surface area contributed by atoms with Crippen LogP contribution in [-0.2, 0) is 18.8 Å². The predicted octanol–water partition coefficient (Wildman–Crippen LogP) is 2.22. The van der Waals surface area contributed by atoms with Gasteiger partial charge in [-0.05, 0) is 18.5 Å². The van der Waals surface area contributed by atoms with Gasteiger partial charge in [-0.2, -0.15) is 0 Å². The molecule has 116 valence electrons. The highest BCUT2D eigenvalue weighted by molar-refractivity contribution is 6.48. The van der Waals surface area contributed by atoms with Crippen LogP contribution in [0.3, 0.4) is 0 Å². The number of esters is 1. The minimum absolute atomic E-state index is 0.0995. The van der Waals surface area contributed by atoms with E-state index in [2.05, 4.69) is 6.58 Å². The zero-order valence-corrected chi connectivity index (χ0v) is 14.2. The molecule has 0 aliphatic carbocycles. The number of carbonyl (C=O) groups excluding carboxylic acids is 1. The molecule has 0 aliphatic heterocycles. The van der Waals surface area contributed by atoms with Crippen LogP contribution in [-0.4, -0.2) is 38.8 Å². The van der Waals surface area contributed by atoms with E-state index in [1.165, 1.54) is 6.08 Å². The molecule has 0 heterocycles. The second-order valence-electron chi connectivity index (χ2n) is 6.09. The standard InChI is InChI=1S/C14H26O5Si/c1-7-8-18-13(17)12(19-20(5)6)10(9-11(15)16)14(2,3)4/h7,10,12,20H,1,8-9H2,2-6H3,(H,15,16). The van der Waals surface area contributed by atoms with Gasteiger partial charge in [-0.25, -0.2) is 4.79 Å². The average molecular weight is 302 g/mol. The van der Waals surface area contributed by atoms with Crippen molar-refractivity contribution in [1.29, 1.82) is 0 Å². The van der Waals surface area contributed by atoms with E-state index in [-0.39, 0.29) is 18.4 Å². The van der Waals surface area contributed by atoms with Gasteiger partial charge in [-0.1, -0.05) is 33.4 Å². The van der Waals surface area contributed by atoms with Crippen molar-refractivity contribution in [3.8, 4) is 0 Å². The highest BCUT2D eigenvalue weighted by Crippen LogP contribution is 2.34. The van der Waals surface area contributed by atoms with E-state index in [9.17, 15) is 9.59 Å². The second-order valence-corrected chi connectivity index (χ2v) is 8.46. The largest absolute Gasteiger partial charge is 0.481 e. The predicted molar refractivity (Wildman–Crippen MR) is 80.1 cm³/mol. The van der Waals surface area contributed by atoms with Crippen molar-refractivity contribution in [3.05, 3.63) is 12.7 Å². The maximum Gasteiger partial charge on any atom is 0.334 e. The SMILES string of the molecule is C=CCOC(=O)C(O[SiH](C)C)C(CC(=O)O)C(C)(C)C. The van der Waals surface area contributed by atoms with Gasteiger partial charge in [0.1, 0.15) is 12.7 Å². The van der Waals surface area contributed by atoms with Crippen LogP contribution in [0.4, 0.5) is 0 Å². The molecule has 0 amide bonds. The Kier molecular flexibility index (Phi) is 7.74. The van der Waals surface area contributed by atoms with Crippen molar-refractivity contribution in [2.24, 2.45) is 11.3 Å². The van der Waals surface area contributed by atoms with Gasteiger partial charge in [-0.3, -0.25) is 4.79 Å². The minimum Gasteiger partial charge on any atom is -0.481 e. The molecule has 20 heavy (non-hydrogen) atoms.